The van der Waals surface area contributed by atoms with Gasteiger partial charge in [-0.1, -0.05) is 0 Å². The van der Waals surface area contributed by atoms with Gasteiger partial charge in [0.1, 0.15) is 0 Å². The number of nitrogens with zero attached hydrogens (tertiary/aromatic N) is 3. The second-order valence-electron chi connectivity index (χ2n) is 7.72. The van der Waals surface area contributed by atoms with Crippen LogP contribution in [0.2, 0.25) is 0 Å². The van der Waals surface area contributed by atoms with E-state index in [-0.39, 0.29) is 0 Å². The van der Waals surface area contributed by atoms with Gasteiger partial charge < -0.3 is 4.90 Å². The van der Waals surface area contributed by atoms with Crippen molar-refractivity contribution in [3.63, 3.8) is 0 Å². The molecule has 3 heteroatoms. The first-order chi connectivity index (χ1) is 8.79. The van der Waals surface area contributed by atoms with Crippen LogP contribution in [0, 0.1) is 0 Å². The third-order valence-electron chi connectivity index (χ3n) is 5.23. The average molecular weight is 267 g/mol. The summed E-state index contributed by atoms with van der Waals surface area (Å²) in [5.41, 5.74) is 0.339. The third-order valence-corrected chi connectivity index (χ3v) is 5.23. The Kier molecular flexibility index (Phi) is 4.59. The highest BCUT2D eigenvalue weighted by molar-refractivity contribution is 4.91. The first-order valence-corrected chi connectivity index (χ1v) is 8.00. The SMILES string of the molecule is C[C@@H]1CN(C2CCN(C(C)(C)C)CC2)[C@@H](C)CN1C. The van der Waals surface area contributed by atoms with Gasteiger partial charge >= 0.3 is 0 Å². The molecule has 0 N–H and O–H groups in total. The van der Waals surface area contributed by atoms with Gasteiger partial charge in [0.25, 0.3) is 0 Å². The molecule has 0 amide bonds. The number of rotatable bonds is 1. The monoisotopic (exact) mass is 267 g/mol. The summed E-state index contributed by atoms with van der Waals surface area (Å²) in [6.07, 6.45) is 2.69. The Morgan fingerprint density at radius 1 is 0.895 bits per heavy atom. The van der Waals surface area contributed by atoms with Crippen molar-refractivity contribution in [2.45, 2.75) is 71.1 Å². The molecule has 19 heavy (non-hydrogen) atoms. The molecule has 112 valence electrons. The number of piperidine rings is 1. The van der Waals surface area contributed by atoms with Crippen molar-refractivity contribution in [3.05, 3.63) is 0 Å². The molecule has 0 unspecified atom stereocenters. The second-order valence-corrected chi connectivity index (χ2v) is 7.72. The number of likely N-dealkylation sites (tertiary alicyclic amines) is 1. The summed E-state index contributed by atoms with van der Waals surface area (Å²) in [6.45, 7) is 16.8. The Bertz CT molecular complexity index is 289. The van der Waals surface area contributed by atoms with E-state index in [2.05, 4.69) is 56.4 Å². The quantitative estimate of drug-likeness (QED) is 0.721. The standard InChI is InChI=1S/C16H33N3/c1-13-12-19(14(2)11-17(13)6)15-7-9-18(10-8-15)16(3,4)5/h13-15H,7-12H2,1-6H3/t13-,14+/m1/s1. The predicted molar refractivity (Wildman–Crippen MR) is 82.6 cm³/mol. The molecule has 0 spiro atoms. The van der Waals surface area contributed by atoms with Crippen molar-refractivity contribution >= 4 is 0 Å². The molecule has 0 aromatic rings. The fourth-order valence-corrected chi connectivity index (χ4v) is 3.70. The van der Waals surface area contributed by atoms with Crippen LogP contribution in [0.3, 0.4) is 0 Å². The number of piperazine rings is 1. The number of hydrogen-bond donors (Lipinski definition) is 0. The molecule has 2 fully saturated rings. The summed E-state index contributed by atoms with van der Waals surface area (Å²) in [4.78, 5) is 7.93. The molecule has 2 heterocycles. The number of hydrogen-bond acceptors (Lipinski definition) is 3. The smallest absolute Gasteiger partial charge is 0.0198 e. The van der Waals surface area contributed by atoms with Gasteiger partial charge in [0.2, 0.25) is 0 Å². The highest BCUT2D eigenvalue weighted by atomic mass is 15.3. The van der Waals surface area contributed by atoms with Gasteiger partial charge in [-0.05, 0) is 54.5 Å². The zero-order chi connectivity index (χ0) is 14.2. The normalized spacial score (nSPS) is 33.8. The first-order valence-electron chi connectivity index (χ1n) is 8.00. The van der Waals surface area contributed by atoms with E-state index < -0.39 is 0 Å². The molecule has 0 aromatic heterocycles. The van der Waals surface area contributed by atoms with E-state index in [1.54, 1.807) is 0 Å². The van der Waals surface area contributed by atoms with Crippen molar-refractivity contribution in [2.75, 3.05) is 33.2 Å². The van der Waals surface area contributed by atoms with Gasteiger partial charge in [-0.2, -0.15) is 0 Å². The van der Waals surface area contributed by atoms with Gasteiger partial charge in [-0.25, -0.2) is 0 Å². The summed E-state index contributed by atoms with van der Waals surface area (Å²) in [5.74, 6) is 0. The molecule has 0 aromatic carbocycles. The Labute approximate surface area is 119 Å². The van der Waals surface area contributed by atoms with Crippen LogP contribution in [-0.4, -0.2) is 71.6 Å². The van der Waals surface area contributed by atoms with E-state index in [9.17, 15) is 0 Å². The fraction of sp³-hybridized carbons (Fsp3) is 1.00. The molecular formula is C16H33N3. The van der Waals surface area contributed by atoms with E-state index in [0.29, 0.717) is 17.6 Å². The molecule has 2 rings (SSSR count). The highest BCUT2D eigenvalue weighted by Crippen LogP contribution is 2.26. The maximum absolute atomic E-state index is 2.78. The minimum absolute atomic E-state index is 0.339. The van der Waals surface area contributed by atoms with E-state index >= 15 is 0 Å². The highest BCUT2D eigenvalue weighted by Gasteiger charge is 2.35. The van der Waals surface area contributed by atoms with Crippen LogP contribution in [0.25, 0.3) is 0 Å². The summed E-state index contributed by atoms with van der Waals surface area (Å²) in [7, 11) is 2.26. The van der Waals surface area contributed by atoms with Crippen molar-refractivity contribution in [1.29, 1.82) is 0 Å². The van der Waals surface area contributed by atoms with Gasteiger partial charge in [-0.15, -0.1) is 0 Å². The van der Waals surface area contributed by atoms with E-state index in [1.807, 2.05) is 0 Å². The molecule has 0 radical (unpaired) electrons. The summed E-state index contributed by atoms with van der Waals surface area (Å²) in [6, 6.07) is 2.23. The zero-order valence-corrected chi connectivity index (χ0v) is 13.8. The van der Waals surface area contributed by atoms with Gasteiger partial charge in [-0.3, -0.25) is 9.80 Å². The summed E-state index contributed by atoms with van der Waals surface area (Å²) in [5, 5.41) is 0. The lowest BCUT2D eigenvalue weighted by atomic mass is 9.95. The molecule has 2 aliphatic rings. The average Bonchev–Trinajstić information content (AvgIpc) is 2.33. The molecular weight excluding hydrogens is 234 g/mol. The van der Waals surface area contributed by atoms with Crippen LogP contribution in [-0.2, 0) is 0 Å². The number of likely N-dealkylation sites (N-methyl/N-ethyl adjacent to an activating group) is 1. The summed E-state index contributed by atoms with van der Waals surface area (Å²) < 4.78 is 0. The minimum Gasteiger partial charge on any atom is -0.301 e. The van der Waals surface area contributed by atoms with Crippen LogP contribution in [0.4, 0.5) is 0 Å². The van der Waals surface area contributed by atoms with Crippen LogP contribution in [0.15, 0.2) is 0 Å². The van der Waals surface area contributed by atoms with Gasteiger partial charge in [0, 0.05) is 49.8 Å². The predicted octanol–water partition coefficient (Wildman–Crippen LogP) is 2.27. The van der Waals surface area contributed by atoms with Crippen molar-refractivity contribution in [1.82, 2.24) is 14.7 Å². The molecule has 2 saturated heterocycles. The molecule has 3 nitrogen and oxygen atoms in total. The van der Waals surface area contributed by atoms with Crippen LogP contribution >= 0.6 is 0 Å². The van der Waals surface area contributed by atoms with E-state index in [1.165, 1.54) is 39.0 Å². The molecule has 0 bridgehead atoms. The second kappa shape index (κ2) is 5.71. The lowest BCUT2D eigenvalue weighted by molar-refractivity contribution is -0.00724. The maximum Gasteiger partial charge on any atom is 0.0198 e. The Hall–Kier alpha value is -0.120. The maximum atomic E-state index is 2.78. The van der Waals surface area contributed by atoms with Crippen LogP contribution in [0.5, 0.6) is 0 Å². The van der Waals surface area contributed by atoms with Gasteiger partial charge in [0.05, 0.1) is 0 Å². The van der Waals surface area contributed by atoms with Gasteiger partial charge in [0.15, 0.2) is 0 Å². The lowest BCUT2D eigenvalue weighted by Gasteiger charge is -2.49. The van der Waals surface area contributed by atoms with E-state index in [4.69, 9.17) is 0 Å². The largest absolute Gasteiger partial charge is 0.301 e. The Morgan fingerprint density at radius 3 is 2.00 bits per heavy atom. The summed E-state index contributed by atoms with van der Waals surface area (Å²) >= 11 is 0. The lowest BCUT2D eigenvalue weighted by Crippen LogP contribution is -2.60. The molecule has 2 atom stereocenters. The Balaban J connectivity index is 1.91. The third kappa shape index (κ3) is 3.50. The molecule has 2 aliphatic heterocycles. The minimum atomic E-state index is 0.339. The fourth-order valence-electron chi connectivity index (χ4n) is 3.70. The van der Waals surface area contributed by atoms with Crippen molar-refractivity contribution in [2.24, 2.45) is 0 Å². The molecule has 0 saturated carbocycles. The molecule has 0 aliphatic carbocycles. The van der Waals surface area contributed by atoms with E-state index in [0.717, 1.165) is 6.04 Å². The van der Waals surface area contributed by atoms with Crippen LogP contribution < -0.4 is 0 Å². The zero-order valence-electron chi connectivity index (χ0n) is 13.8. The Morgan fingerprint density at radius 2 is 1.47 bits per heavy atom. The van der Waals surface area contributed by atoms with Crippen molar-refractivity contribution in [3.8, 4) is 0 Å². The first kappa shape index (κ1) is 15.3. The van der Waals surface area contributed by atoms with Crippen molar-refractivity contribution < 1.29 is 0 Å². The van der Waals surface area contributed by atoms with Crippen LogP contribution in [0.1, 0.15) is 47.5 Å². The topological polar surface area (TPSA) is 9.72 Å².